The Morgan fingerprint density at radius 3 is 1.75 bits per heavy atom. The summed E-state index contributed by atoms with van der Waals surface area (Å²) < 4.78 is 10.2. The maximum absolute atomic E-state index is 11.9. The lowest BCUT2D eigenvalue weighted by atomic mass is 9.75. The zero-order valence-corrected chi connectivity index (χ0v) is 14.4. The molecule has 2 N–H and O–H groups in total. The fraction of sp³-hybridized carbons (Fsp3) is 0.667. The number of hydrogen-bond donors (Lipinski definition) is 2. The maximum Gasteiger partial charge on any atom is 0.309 e. The van der Waals surface area contributed by atoms with Crippen molar-refractivity contribution in [2.75, 3.05) is 13.2 Å². The Labute approximate surface area is 144 Å². The van der Waals surface area contributed by atoms with Crippen LogP contribution in [0.3, 0.4) is 0 Å². The smallest absolute Gasteiger partial charge is 0.309 e. The average Bonchev–Trinajstić information content (AvgIpc) is 2.54. The molecule has 0 atom stereocenters. The fourth-order valence-corrected chi connectivity index (χ4v) is 2.77. The Balaban J connectivity index is 4.58. The van der Waals surface area contributed by atoms with Crippen molar-refractivity contribution in [2.24, 2.45) is 5.41 Å². The van der Waals surface area contributed by atoms with Crippen LogP contribution in [-0.2, 0) is 19.1 Å². The summed E-state index contributed by atoms with van der Waals surface area (Å²) in [6.45, 7) is 7.83. The van der Waals surface area contributed by atoms with Gasteiger partial charge in [-0.25, -0.2) is 0 Å². The van der Waals surface area contributed by atoms with Gasteiger partial charge in [-0.2, -0.15) is 0 Å². The van der Waals surface area contributed by atoms with E-state index in [0.717, 1.165) is 0 Å². The number of rotatable bonds is 17. The number of carboxylic acid groups (broad SMARTS) is 2. The van der Waals surface area contributed by atoms with Crippen LogP contribution in [0.2, 0.25) is 0 Å². The van der Waals surface area contributed by atoms with E-state index in [1.165, 1.54) is 12.5 Å². The normalized spacial score (nSPS) is 10.8. The summed E-state index contributed by atoms with van der Waals surface area (Å²) in [6.07, 6.45) is 7.66. The Morgan fingerprint density at radius 1 is 0.833 bits per heavy atom. The number of aliphatic carboxylic acids is 2. The summed E-state index contributed by atoms with van der Waals surface area (Å²) in [5.74, 6) is -1.62. The highest BCUT2D eigenvalue weighted by Crippen LogP contribution is 2.36. The van der Waals surface area contributed by atoms with Crippen molar-refractivity contribution in [3.63, 3.8) is 0 Å². The van der Waals surface area contributed by atoms with Gasteiger partial charge in [-0.1, -0.05) is 26.0 Å². The highest BCUT2D eigenvalue weighted by Gasteiger charge is 2.36. The summed E-state index contributed by atoms with van der Waals surface area (Å²) >= 11 is 0. The van der Waals surface area contributed by atoms with Gasteiger partial charge in [0.05, 0.1) is 31.2 Å². The largest absolute Gasteiger partial charge is 0.502 e. The third kappa shape index (κ3) is 9.92. The van der Waals surface area contributed by atoms with Gasteiger partial charge in [-0.3, -0.25) is 9.59 Å². The first kappa shape index (κ1) is 22.0. The first-order valence-electron chi connectivity index (χ1n) is 8.38. The van der Waals surface area contributed by atoms with Crippen LogP contribution in [0.4, 0.5) is 0 Å². The van der Waals surface area contributed by atoms with Gasteiger partial charge in [0, 0.05) is 6.42 Å². The number of hydrogen-bond acceptors (Lipinski definition) is 4. The molecular weight excluding hydrogens is 312 g/mol. The van der Waals surface area contributed by atoms with E-state index in [1.54, 1.807) is 0 Å². The van der Waals surface area contributed by atoms with Crippen molar-refractivity contribution >= 4 is 11.9 Å². The van der Waals surface area contributed by atoms with Crippen LogP contribution in [0, 0.1) is 5.41 Å². The molecule has 0 heterocycles. The molecule has 0 aromatic heterocycles. The number of ether oxygens (including phenoxy) is 2. The predicted octanol–water partition coefficient (Wildman–Crippen LogP) is 3.97. The summed E-state index contributed by atoms with van der Waals surface area (Å²) in [7, 11) is 0. The zero-order chi connectivity index (χ0) is 18.3. The van der Waals surface area contributed by atoms with Gasteiger partial charge >= 0.3 is 11.9 Å². The molecule has 0 radical (unpaired) electrons. The SMILES string of the molecule is C=COCCCC(CCCCCC(=O)O)(CCCOC=C)C(=O)O. The van der Waals surface area contributed by atoms with E-state index < -0.39 is 17.4 Å². The molecule has 0 aliphatic rings. The summed E-state index contributed by atoms with van der Waals surface area (Å²) in [4.78, 5) is 22.4. The molecule has 0 aromatic rings. The topological polar surface area (TPSA) is 93.1 Å². The van der Waals surface area contributed by atoms with Gasteiger partial charge in [0.15, 0.2) is 0 Å². The van der Waals surface area contributed by atoms with Crippen molar-refractivity contribution in [3.8, 4) is 0 Å². The second kappa shape index (κ2) is 13.5. The lowest BCUT2D eigenvalue weighted by Crippen LogP contribution is -2.32. The molecule has 0 amide bonds. The van der Waals surface area contributed by atoms with Crippen LogP contribution >= 0.6 is 0 Å². The van der Waals surface area contributed by atoms with E-state index in [9.17, 15) is 14.7 Å². The molecule has 0 spiro atoms. The molecule has 0 aromatic carbocycles. The number of carboxylic acids is 2. The standard InChI is InChI=1S/C18H30O6/c1-3-23-14-8-12-18(17(21)22,13-9-15-24-4-2)11-7-5-6-10-16(19)20/h3-4H,1-2,5-15H2,(H,19,20)(H,21,22). The molecule has 0 aliphatic heterocycles. The molecule has 0 saturated carbocycles. The van der Waals surface area contributed by atoms with Gasteiger partial charge in [0.25, 0.3) is 0 Å². The lowest BCUT2D eigenvalue weighted by Gasteiger charge is -2.29. The molecular formula is C18H30O6. The fourth-order valence-electron chi connectivity index (χ4n) is 2.77. The predicted molar refractivity (Wildman–Crippen MR) is 91.6 cm³/mol. The van der Waals surface area contributed by atoms with Crippen LogP contribution in [0.5, 0.6) is 0 Å². The van der Waals surface area contributed by atoms with Gasteiger partial charge < -0.3 is 19.7 Å². The van der Waals surface area contributed by atoms with Crippen molar-refractivity contribution in [1.29, 1.82) is 0 Å². The minimum Gasteiger partial charge on any atom is -0.502 e. The van der Waals surface area contributed by atoms with E-state index in [1.807, 2.05) is 0 Å². The first-order valence-corrected chi connectivity index (χ1v) is 8.38. The summed E-state index contributed by atoms with van der Waals surface area (Å²) in [6, 6.07) is 0. The lowest BCUT2D eigenvalue weighted by molar-refractivity contribution is -0.151. The molecule has 0 saturated heterocycles. The molecule has 6 heteroatoms. The van der Waals surface area contributed by atoms with Crippen LogP contribution in [0.1, 0.15) is 57.8 Å². The van der Waals surface area contributed by atoms with Crippen LogP contribution < -0.4 is 0 Å². The van der Waals surface area contributed by atoms with Crippen LogP contribution in [0.15, 0.2) is 25.7 Å². The van der Waals surface area contributed by atoms with E-state index in [0.29, 0.717) is 64.6 Å². The first-order chi connectivity index (χ1) is 11.5. The molecule has 0 rings (SSSR count). The monoisotopic (exact) mass is 342 g/mol. The molecule has 0 fully saturated rings. The minimum atomic E-state index is -0.821. The van der Waals surface area contributed by atoms with Crippen molar-refractivity contribution in [2.45, 2.75) is 57.8 Å². The number of carbonyl (C=O) groups is 2. The van der Waals surface area contributed by atoms with Gasteiger partial charge in [0.2, 0.25) is 0 Å². The van der Waals surface area contributed by atoms with Crippen molar-refractivity contribution in [1.82, 2.24) is 0 Å². The minimum absolute atomic E-state index is 0.125. The van der Waals surface area contributed by atoms with Gasteiger partial charge in [-0.15, -0.1) is 0 Å². The highest BCUT2D eigenvalue weighted by atomic mass is 16.5. The maximum atomic E-state index is 11.9. The molecule has 0 aliphatic carbocycles. The third-order valence-corrected chi connectivity index (χ3v) is 4.07. The zero-order valence-electron chi connectivity index (χ0n) is 14.4. The molecule has 6 nitrogen and oxygen atoms in total. The third-order valence-electron chi connectivity index (χ3n) is 4.07. The molecule has 0 bridgehead atoms. The van der Waals surface area contributed by atoms with E-state index in [4.69, 9.17) is 14.6 Å². The summed E-state index contributed by atoms with van der Waals surface area (Å²) in [5, 5.41) is 18.4. The number of unbranched alkanes of at least 4 members (excludes halogenated alkanes) is 2. The highest BCUT2D eigenvalue weighted by molar-refractivity contribution is 5.74. The Kier molecular flexibility index (Phi) is 12.3. The van der Waals surface area contributed by atoms with Crippen LogP contribution in [0.25, 0.3) is 0 Å². The second-order valence-corrected chi connectivity index (χ2v) is 5.82. The van der Waals surface area contributed by atoms with E-state index in [2.05, 4.69) is 13.2 Å². The Hall–Kier alpha value is -1.98. The Bertz CT molecular complexity index is 375. The Morgan fingerprint density at radius 2 is 1.33 bits per heavy atom. The van der Waals surface area contributed by atoms with Gasteiger partial charge in [0.1, 0.15) is 0 Å². The molecule has 0 unspecified atom stereocenters. The van der Waals surface area contributed by atoms with Crippen LogP contribution in [-0.4, -0.2) is 35.4 Å². The molecule has 138 valence electrons. The van der Waals surface area contributed by atoms with Crippen molar-refractivity contribution < 1.29 is 29.3 Å². The summed E-state index contributed by atoms with van der Waals surface area (Å²) in [5.41, 5.74) is -0.821. The average molecular weight is 342 g/mol. The van der Waals surface area contributed by atoms with Gasteiger partial charge in [-0.05, 0) is 38.5 Å². The van der Waals surface area contributed by atoms with E-state index in [-0.39, 0.29) is 6.42 Å². The van der Waals surface area contributed by atoms with E-state index >= 15 is 0 Å². The quantitative estimate of drug-likeness (QED) is 0.307. The molecule has 24 heavy (non-hydrogen) atoms. The second-order valence-electron chi connectivity index (χ2n) is 5.82. The van der Waals surface area contributed by atoms with Crippen molar-refractivity contribution in [3.05, 3.63) is 25.7 Å².